The minimum absolute atomic E-state index is 0.00680. The van der Waals surface area contributed by atoms with E-state index in [1.54, 1.807) is 18.2 Å². The minimum atomic E-state index is -0.133. The van der Waals surface area contributed by atoms with Gasteiger partial charge in [0.1, 0.15) is 0 Å². The number of benzene rings is 1. The first-order valence-electron chi connectivity index (χ1n) is 6.38. The van der Waals surface area contributed by atoms with Gasteiger partial charge in [-0.1, -0.05) is 29.8 Å². The van der Waals surface area contributed by atoms with Crippen molar-refractivity contribution in [1.82, 2.24) is 5.32 Å². The number of carbonyl (C=O) groups excluding carboxylic acids is 1. The molecule has 0 aliphatic rings. The van der Waals surface area contributed by atoms with E-state index in [1.807, 2.05) is 6.92 Å². The number of nitrogen functional groups attached to an aromatic ring is 1. The van der Waals surface area contributed by atoms with E-state index in [2.05, 4.69) is 35.1 Å². The monoisotopic (exact) mass is 328 g/mol. The van der Waals surface area contributed by atoms with E-state index in [-0.39, 0.29) is 11.9 Å². The topological polar surface area (TPSA) is 64.3 Å². The van der Waals surface area contributed by atoms with Gasteiger partial charge in [-0.05, 0) is 31.0 Å². The second-order valence-electron chi connectivity index (χ2n) is 4.76. The number of carbonyl (C=O) groups is 1. The van der Waals surface area contributed by atoms with Gasteiger partial charge < -0.3 is 15.8 Å². The molecule has 1 rings (SSSR count). The van der Waals surface area contributed by atoms with E-state index < -0.39 is 0 Å². The molecular weight excluding hydrogens is 308 g/mol. The lowest BCUT2D eigenvalue weighted by atomic mass is 10.0. The maximum absolute atomic E-state index is 12.2. The maximum atomic E-state index is 12.2. The lowest BCUT2D eigenvalue weighted by Gasteiger charge is -2.22. The van der Waals surface area contributed by atoms with Crippen LogP contribution in [0.3, 0.4) is 0 Å². The number of rotatable bonds is 6. The quantitative estimate of drug-likeness (QED) is 0.789. The molecule has 0 aliphatic heterocycles. The Balaban J connectivity index is 2.75. The molecular formula is C14H21BrN2O2. The number of hydrogen-bond donors (Lipinski definition) is 2. The summed E-state index contributed by atoms with van der Waals surface area (Å²) in [5.41, 5.74) is 6.84. The highest BCUT2D eigenvalue weighted by Gasteiger charge is 2.17. The van der Waals surface area contributed by atoms with Gasteiger partial charge in [0.15, 0.2) is 0 Å². The van der Waals surface area contributed by atoms with Crippen molar-refractivity contribution in [3.63, 3.8) is 0 Å². The Hall–Kier alpha value is -1.07. The lowest BCUT2D eigenvalue weighted by Crippen LogP contribution is -2.41. The third kappa shape index (κ3) is 5.20. The van der Waals surface area contributed by atoms with Gasteiger partial charge in [-0.15, -0.1) is 0 Å². The van der Waals surface area contributed by atoms with Crippen LogP contribution in [0.2, 0.25) is 0 Å². The molecule has 0 aliphatic carbocycles. The number of hydrogen-bond acceptors (Lipinski definition) is 3. The zero-order valence-electron chi connectivity index (χ0n) is 11.6. The lowest BCUT2D eigenvalue weighted by molar-refractivity contribution is 0.0806. The summed E-state index contributed by atoms with van der Waals surface area (Å²) in [5.74, 6) is 0.173. The Morgan fingerprint density at radius 1 is 1.42 bits per heavy atom. The molecule has 0 saturated carbocycles. The fraction of sp³-hybridized carbons (Fsp3) is 0.500. The predicted molar refractivity (Wildman–Crippen MR) is 81.1 cm³/mol. The van der Waals surface area contributed by atoms with Crippen LogP contribution in [0.4, 0.5) is 5.69 Å². The van der Waals surface area contributed by atoms with Crippen molar-refractivity contribution < 1.29 is 9.53 Å². The Morgan fingerprint density at radius 2 is 2.11 bits per heavy atom. The van der Waals surface area contributed by atoms with Crippen LogP contribution in [0.5, 0.6) is 0 Å². The van der Waals surface area contributed by atoms with Crippen molar-refractivity contribution in [2.45, 2.75) is 26.8 Å². The Morgan fingerprint density at radius 3 is 2.63 bits per heavy atom. The smallest absolute Gasteiger partial charge is 0.251 e. The summed E-state index contributed by atoms with van der Waals surface area (Å²) in [6.07, 6.45) is 0. The third-order valence-corrected chi connectivity index (χ3v) is 3.26. The Bertz CT molecular complexity index is 415. The highest BCUT2D eigenvalue weighted by Crippen LogP contribution is 2.17. The highest BCUT2D eigenvalue weighted by molar-refractivity contribution is 9.10. The molecule has 1 unspecified atom stereocenters. The van der Waals surface area contributed by atoms with Crippen LogP contribution in [0.1, 0.15) is 31.1 Å². The van der Waals surface area contributed by atoms with Gasteiger partial charge in [-0.25, -0.2) is 0 Å². The van der Waals surface area contributed by atoms with E-state index in [4.69, 9.17) is 10.5 Å². The van der Waals surface area contributed by atoms with Crippen LogP contribution >= 0.6 is 15.9 Å². The van der Waals surface area contributed by atoms with Gasteiger partial charge in [0.2, 0.25) is 0 Å². The summed E-state index contributed by atoms with van der Waals surface area (Å²) in [5, 5.41) is 2.98. The molecule has 3 N–H and O–H groups in total. The SMILES string of the molecule is CCOCC(NC(=O)c1cc(N)cc(Br)c1)C(C)C. The van der Waals surface area contributed by atoms with E-state index >= 15 is 0 Å². The van der Waals surface area contributed by atoms with Crippen molar-refractivity contribution >= 4 is 27.5 Å². The largest absolute Gasteiger partial charge is 0.399 e. The molecule has 5 heteroatoms. The summed E-state index contributed by atoms with van der Waals surface area (Å²) in [7, 11) is 0. The average Bonchev–Trinajstić information content (AvgIpc) is 2.32. The third-order valence-electron chi connectivity index (χ3n) is 2.81. The summed E-state index contributed by atoms with van der Waals surface area (Å²) in [6, 6.07) is 5.17. The Labute approximate surface area is 122 Å². The molecule has 0 fully saturated rings. The van der Waals surface area contributed by atoms with Gasteiger partial charge in [0.05, 0.1) is 12.6 Å². The van der Waals surface area contributed by atoms with Crippen molar-refractivity contribution in [2.75, 3.05) is 18.9 Å². The van der Waals surface area contributed by atoms with E-state index in [9.17, 15) is 4.79 Å². The van der Waals surface area contributed by atoms with Gasteiger partial charge in [0.25, 0.3) is 5.91 Å². The van der Waals surface area contributed by atoms with Crippen molar-refractivity contribution in [3.8, 4) is 0 Å². The van der Waals surface area contributed by atoms with Crippen LogP contribution in [-0.4, -0.2) is 25.2 Å². The molecule has 19 heavy (non-hydrogen) atoms. The van der Waals surface area contributed by atoms with Crippen LogP contribution in [0.25, 0.3) is 0 Å². The zero-order chi connectivity index (χ0) is 14.4. The van der Waals surface area contributed by atoms with Gasteiger partial charge >= 0.3 is 0 Å². The fourth-order valence-corrected chi connectivity index (χ4v) is 2.15. The number of nitrogens with one attached hydrogen (secondary N) is 1. The molecule has 1 atom stereocenters. The fourth-order valence-electron chi connectivity index (χ4n) is 1.64. The molecule has 1 amide bonds. The van der Waals surface area contributed by atoms with Crippen LogP contribution in [-0.2, 0) is 4.74 Å². The van der Waals surface area contributed by atoms with Crippen LogP contribution in [0, 0.1) is 5.92 Å². The number of halogens is 1. The minimum Gasteiger partial charge on any atom is -0.399 e. The summed E-state index contributed by atoms with van der Waals surface area (Å²) >= 11 is 3.33. The van der Waals surface area contributed by atoms with Gasteiger partial charge in [0, 0.05) is 22.3 Å². The first-order valence-corrected chi connectivity index (χ1v) is 7.18. The number of anilines is 1. The average molecular weight is 329 g/mol. The summed E-state index contributed by atoms with van der Waals surface area (Å²) < 4.78 is 6.19. The molecule has 0 spiro atoms. The Kier molecular flexibility index (Phi) is 6.31. The number of amides is 1. The van der Waals surface area contributed by atoms with E-state index in [0.717, 1.165) is 4.47 Å². The van der Waals surface area contributed by atoms with E-state index in [0.29, 0.717) is 30.4 Å². The molecule has 0 radical (unpaired) electrons. The molecule has 106 valence electrons. The van der Waals surface area contributed by atoms with Crippen LogP contribution in [0.15, 0.2) is 22.7 Å². The zero-order valence-corrected chi connectivity index (χ0v) is 13.2. The second-order valence-corrected chi connectivity index (χ2v) is 5.67. The number of ether oxygens (including phenoxy) is 1. The molecule has 4 nitrogen and oxygen atoms in total. The molecule has 0 aromatic heterocycles. The summed E-state index contributed by atoms with van der Waals surface area (Å²) in [4.78, 5) is 12.2. The van der Waals surface area contributed by atoms with Crippen molar-refractivity contribution in [2.24, 2.45) is 5.92 Å². The van der Waals surface area contributed by atoms with Gasteiger partial charge in [-0.2, -0.15) is 0 Å². The van der Waals surface area contributed by atoms with Crippen molar-refractivity contribution in [3.05, 3.63) is 28.2 Å². The molecule has 0 bridgehead atoms. The second kappa shape index (κ2) is 7.50. The van der Waals surface area contributed by atoms with E-state index in [1.165, 1.54) is 0 Å². The van der Waals surface area contributed by atoms with Gasteiger partial charge in [-0.3, -0.25) is 4.79 Å². The maximum Gasteiger partial charge on any atom is 0.251 e. The molecule has 1 aromatic carbocycles. The number of nitrogens with two attached hydrogens (primary N) is 1. The van der Waals surface area contributed by atoms with Crippen molar-refractivity contribution in [1.29, 1.82) is 0 Å². The molecule has 1 aromatic rings. The molecule has 0 heterocycles. The standard InChI is InChI=1S/C14H21BrN2O2/c1-4-19-8-13(9(2)3)17-14(18)10-5-11(15)7-12(16)6-10/h5-7,9,13H,4,8,16H2,1-3H3,(H,17,18). The first-order chi connectivity index (χ1) is 8.93. The highest BCUT2D eigenvalue weighted by atomic mass is 79.9. The predicted octanol–water partition coefficient (Wildman–Crippen LogP) is 2.82. The van der Waals surface area contributed by atoms with Crippen LogP contribution < -0.4 is 11.1 Å². The summed E-state index contributed by atoms with van der Waals surface area (Å²) in [6.45, 7) is 7.21. The molecule has 0 saturated heterocycles. The first kappa shape index (κ1) is 16.0. The normalized spacial score (nSPS) is 12.5.